The number of nitrogens with one attached hydrogen (secondary N) is 2. The van der Waals surface area contributed by atoms with E-state index in [9.17, 15) is 8.42 Å². The lowest BCUT2D eigenvalue weighted by Crippen LogP contribution is -2.42. The maximum atomic E-state index is 11.2. The Morgan fingerprint density at radius 3 is 2.61 bits per heavy atom. The van der Waals surface area contributed by atoms with E-state index >= 15 is 0 Å². The minimum atomic E-state index is -2.94. The number of piperidine rings is 1. The number of halogens is 1. The monoisotopic (exact) mass is 460 g/mol. The molecule has 0 amide bonds. The molecule has 0 bridgehead atoms. The van der Waals surface area contributed by atoms with Crippen molar-refractivity contribution in [3.8, 4) is 0 Å². The van der Waals surface area contributed by atoms with Crippen molar-refractivity contribution in [3.05, 3.63) is 0 Å². The number of guanidine groups is 1. The van der Waals surface area contributed by atoms with Crippen molar-refractivity contribution in [1.29, 1.82) is 0 Å². The largest absolute Gasteiger partial charge is 0.357 e. The van der Waals surface area contributed by atoms with Gasteiger partial charge in [0, 0.05) is 31.9 Å². The molecule has 8 heteroatoms. The van der Waals surface area contributed by atoms with Crippen molar-refractivity contribution in [2.45, 2.75) is 45.6 Å². The molecule has 0 aromatic rings. The molecular weight excluding hydrogens is 427 g/mol. The summed E-state index contributed by atoms with van der Waals surface area (Å²) < 4.78 is 22.3. The highest BCUT2D eigenvalue weighted by molar-refractivity contribution is 14.0. The van der Waals surface area contributed by atoms with Crippen LogP contribution in [-0.4, -0.2) is 70.1 Å². The first-order chi connectivity index (χ1) is 10.5. The summed E-state index contributed by atoms with van der Waals surface area (Å²) in [5.41, 5.74) is 0. The summed E-state index contributed by atoms with van der Waals surface area (Å²) in [7, 11) is -2.94. The van der Waals surface area contributed by atoms with Gasteiger partial charge in [-0.15, -0.1) is 24.0 Å². The Balaban J connectivity index is 0.00000484. The summed E-state index contributed by atoms with van der Waals surface area (Å²) in [6.45, 7) is 8.31. The van der Waals surface area contributed by atoms with Crippen LogP contribution in [0.2, 0.25) is 0 Å². The van der Waals surface area contributed by atoms with Crippen LogP contribution in [0.3, 0.4) is 0 Å². The quantitative estimate of drug-likeness (QED) is 0.326. The Labute approximate surface area is 158 Å². The number of likely N-dealkylation sites (tertiary alicyclic amines) is 1. The van der Waals surface area contributed by atoms with Gasteiger partial charge in [0.05, 0.1) is 12.3 Å². The summed E-state index contributed by atoms with van der Waals surface area (Å²) in [6, 6.07) is 0.699. The smallest absolute Gasteiger partial charge is 0.191 e. The van der Waals surface area contributed by atoms with Gasteiger partial charge in [0.25, 0.3) is 0 Å². The van der Waals surface area contributed by atoms with Gasteiger partial charge in [-0.3, -0.25) is 9.89 Å². The average Bonchev–Trinajstić information content (AvgIpc) is 2.46. The van der Waals surface area contributed by atoms with Gasteiger partial charge in [-0.1, -0.05) is 13.3 Å². The fraction of sp³-hybridized carbons (Fsp3) is 0.933. The Morgan fingerprint density at radius 1 is 1.26 bits per heavy atom. The van der Waals surface area contributed by atoms with E-state index in [0.717, 1.165) is 19.6 Å². The molecule has 0 aromatic carbocycles. The van der Waals surface area contributed by atoms with Crippen LogP contribution >= 0.6 is 24.0 Å². The predicted octanol–water partition coefficient (Wildman–Crippen LogP) is 1.47. The number of hydrogen-bond acceptors (Lipinski definition) is 4. The molecule has 1 saturated heterocycles. The van der Waals surface area contributed by atoms with Crippen molar-refractivity contribution in [2.75, 3.05) is 44.7 Å². The maximum absolute atomic E-state index is 11.2. The van der Waals surface area contributed by atoms with Crippen LogP contribution in [0.25, 0.3) is 0 Å². The summed E-state index contributed by atoms with van der Waals surface area (Å²) in [5, 5.41) is 6.24. The maximum Gasteiger partial charge on any atom is 0.191 e. The third-order valence-electron chi connectivity index (χ3n) is 3.99. The minimum absolute atomic E-state index is 0. The third kappa shape index (κ3) is 10.4. The van der Waals surface area contributed by atoms with E-state index in [1.165, 1.54) is 38.5 Å². The van der Waals surface area contributed by atoms with Crippen LogP contribution in [0, 0.1) is 0 Å². The fourth-order valence-corrected chi connectivity index (χ4v) is 3.28. The van der Waals surface area contributed by atoms with Gasteiger partial charge in [-0.2, -0.15) is 0 Å². The van der Waals surface area contributed by atoms with Crippen LogP contribution in [0.1, 0.15) is 39.5 Å². The molecule has 1 heterocycles. The Hall–Kier alpha value is -0.0900. The van der Waals surface area contributed by atoms with E-state index in [0.29, 0.717) is 18.5 Å². The van der Waals surface area contributed by atoms with E-state index in [-0.39, 0.29) is 29.7 Å². The molecule has 0 radical (unpaired) electrons. The highest BCUT2D eigenvalue weighted by atomic mass is 127. The highest BCUT2D eigenvalue weighted by Gasteiger charge is 2.19. The van der Waals surface area contributed by atoms with E-state index in [2.05, 4.69) is 27.4 Å². The zero-order valence-corrected chi connectivity index (χ0v) is 17.8. The number of aliphatic imine (C=N–C) groups is 1. The van der Waals surface area contributed by atoms with Crippen LogP contribution < -0.4 is 10.6 Å². The van der Waals surface area contributed by atoms with Gasteiger partial charge in [0.2, 0.25) is 0 Å². The lowest BCUT2D eigenvalue weighted by molar-refractivity contribution is 0.148. The molecule has 0 spiro atoms. The second-order valence-corrected chi connectivity index (χ2v) is 8.17. The number of nitrogens with zero attached hydrogens (tertiary/aromatic N) is 2. The van der Waals surface area contributed by atoms with Crippen LogP contribution in [0.15, 0.2) is 4.99 Å². The molecule has 1 aliphatic heterocycles. The fourth-order valence-electron chi connectivity index (χ4n) is 2.80. The van der Waals surface area contributed by atoms with Crippen molar-refractivity contribution >= 4 is 39.8 Å². The number of sulfone groups is 1. The predicted molar refractivity (Wildman–Crippen MR) is 109 cm³/mol. The highest BCUT2D eigenvalue weighted by Crippen LogP contribution is 2.18. The van der Waals surface area contributed by atoms with E-state index in [1.54, 1.807) is 0 Å². The van der Waals surface area contributed by atoms with Crippen molar-refractivity contribution in [2.24, 2.45) is 4.99 Å². The first kappa shape index (κ1) is 22.9. The molecule has 1 atom stereocenters. The molecule has 138 valence electrons. The van der Waals surface area contributed by atoms with Gasteiger partial charge in [0.1, 0.15) is 9.84 Å². The van der Waals surface area contributed by atoms with E-state index < -0.39 is 9.84 Å². The molecular formula is C15H33IN4O2S. The molecule has 1 aliphatic rings. The molecule has 23 heavy (non-hydrogen) atoms. The zero-order valence-electron chi connectivity index (χ0n) is 14.7. The van der Waals surface area contributed by atoms with E-state index in [1.807, 2.05) is 6.92 Å². The lowest BCUT2D eigenvalue weighted by Gasteiger charge is -2.34. The summed E-state index contributed by atoms with van der Waals surface area (Å²) >= 11 is 0. The first-order valence-electron chi connectivity index (χ1n) is 8.40. The Kier molecular flexibility index (Phi) is 12.2. The third-order valence-corrected chi connectivity index (χ3v) is 4.93. The van der Waals surface area contributed by atoms with Gasteiger partial charge >= 0.3 is 0 Å². The lowest BCUT2D eigenvalue weighted by atomic mass is 10.0. The molecule has 2 N–H and O–H groups in total. The molecule has 0 saturated carbocycles. The van der Waals surface area contributed by atoms with Gasteiger partial charge in [-0.25, -0.2) is 8.42 Å². The first-order valence-corrected chi connectivity index (χ1v) is 10.5. The molecule has 1 rings (SSSR count). The average molecular weight is 460 g/mol. The van der Waals surface area contributed by atoms with Crippen LogP contribution in [0.5, 0.6) is 0 Å². The molecule has 1 fully saturated rings. The van der Waals surface area contributed by atoms with Gasteiger partial charge < -0.3 is 10.6 Å². The van der Waals surface area contributed by atoms with Crippen molar-refractivity contribution in [1.82, 2.24) is 15.5 Å². The second-order valence-electron chi connectivity index (χ2n) is 5.91. The van der Waals surface area contributed by atoms with Gasteiger partial charge in [0.15, 0.2) is 5.96 Å². The molecule has 1 unspecified atom stereocenters. The standard InChI is InChI=1S/C15H32N4O2S.HI/c1-4-14-8-6-7-11-19(14)12-9-17-15(16-5-2)18-10-13-22(3,20)21;/h14H,4-13H2,1-3H3,(H2,16,17,18);1H. The number of rotatable bonds is 8. The van der Waals surface area contributed by atoms with Crippen LogP contribution in [0.4, 0.5) is 0 Å². The van der Waals surface area contributed by atoms with Crippen LogP contribution in [-0.2, 0) is 9.84 Å². The SMILES string of the molecule is CCNC(=NCCN1CCCCC1CC)NCCS(C)(=O)=O.I. The van der Waals surface area contributed by atoms with E-state index in [4.69, 9.17) is 0 Å². The Bertz CT molecular complexity index is 443. The molecule has 0 aliphatic carbocycles. The molecule has 0 aromatic heterocycles. The van der Waals surface area contributed by atoms with Crippen molar-refractivity contribution in [3.63, 3.8) is 0 Å². The number of hydrogen-bond donors (Lipinski definition) is 2. The summed E-state index contributed by atoms with van der Waals surface area (Å²) in [5.74, 6) is 0.831. The topological polar surface area (TPSA) is 73.8 Å². The van der Waals surface area contributed by atoms with Crippen molar-refractivity contribution < 1.29 is 8.42 Å². The normalized spacial score (nSPS) is 20.0. The molecule has 6 nitrogen and oxygen atoms in total. The minimum Gasteiger partial charge on any atom is -0.357 e. The summed E-state index contributed by atoms with van der Waals surface area (Å²) in [4.78, 5) is 7.09. The second kappa shape index (κ2) is 12.3. The summed E-state index contributed by atoms with van der Waals surface area (Å²) in [6.07, 6.45) is 6.38. The zero-order chi connectivity index (χ0) is 16.4. The Morgan fingerprint density at radius 2 is 2.00 bits per heavy atom. The van der Waals surface area contributed by atoms with Gasteiger partial charge in [-0.05, 0) is 32.7 Å².